The molecule has 5 nitrogen and oxygen atoms in total. The van der Waals surface area contributed by atoms with Gasteiger partial charge in [-0.3, -0.25) is 9.69 Å². The van der Waals surface area contributed by atoms with Crippen LogP contribution in [0.4, 0.5) is 17.6 Å². The first-order valence-corrected chi connectivity index (χ1v) is 17.8. The summed E-state index contributed by atoms with van der Waals surface area (Å²) in [7, 11) is -3.49. The Morgan fingerprint density at radius 2 is 1.52 bits per heavy atom. The topological polar surface area (TPSA) is 66.5 Å². The van der Waals surface area contributed by atoms with E-state index < -0.39 is 22.1 Å². The molecule has 2 fully saturated rings. The zero-order chi connectivity index (χ0) is 32.9. The van der Waals surface area contributed by atoms with Crippen molar-refractivity contribution in [2.45, 2.75) is 68.5 Å². The molecule has 3 aromatic rings. The van der Waals surface area contributed by atoms with Crippen molar-refractivity contribution >= 4 is 15.6 Å². The molecule has 0 bridgehead atoms. The number of rotatable bonds is 11. The van der Waals surface area contributed by atoms with E-state index in [-0.39, 0.29) is 46.5 Å². The summed E-state index contributed by atoms with van der Waals surface area (Å²) in [6.07, 6.45) is -0.431. The molecule has 5 rings (SSSR count). The monoisotopic (exact) mass is 658 g/mol. The van der Waals surface area contributed by atoms with Gasteiger partial charge in [0.05, 0.1) is 10.6 Å². The molecule has 248 valence electrons. The fourth-order valence-corrected chi connectivity index (χ4v) is 8.37. The predicted octanol–water partition coefficient (Wildman–Crippen LogP) is 7.21. The van der Waals surface area contributed by atoms with Crippen LogP contribution in [0.1, 0.15) is 56.1 Å². The molecule has 10 heteroatoms. The first-order valence-electron chi connectivity index (χ1n) is 16.1. The second-order valence-corrected chi connectivity index (χ2v) is 15.0. The minimum Gasteiger partial charge on any atom is -0.304 e. The van der Waals surface area contributed by atoms with Crippen LogP contribution in [-0.4, -0.2) is 63.3 Å². The van der Waals surface area contributed by atoms with E-state index in [4.69, 9.17) is 0 Å². The zero-order valence-corrected chi connectivity index (χ0v) is 26.9. The summed E-state index contributed by atoms with van der Waals surface area (Å²) in [5, 5.41) is 2.54. The molecule has 0 aromatic heterocycles. The zero-order valence-electron chi connectivity index (χ0n) is 26.1. The summed E-state index contributed by atoms with van der Waals surface area (Å²) in [5.74, 6) is -0.0844. The summed E-state index contributed by atoms with van der Waals surface area (Å²) in [6.45, 7) is 3.38. The van der Waals surface area contributed by atoms with E-state index in [9.17, 15) is 30.8 Å². The lowest BCUT2D eigenvalue weighted by Gasteiger charge is -2.34. The van der Waals surface area contributed by atoms with Crippen LogP contribution < -0.4 is 5.32 Å². The molecule has 1 N–H and O–H groups in total. The van der Waals surface area contributed by atoms with Gasteiger partial charge in [-0.2, -0.15) is 13.2 Å². The van der Waals surface area contributed by atoms with Gasteiger partial charge in [0, 0.05) is 38.5 Å². The fourth-order valence-electron chi connectivity index (χ4n) is 6.67. The Morgan fingerprint density at radius 1 is 0.913 bits per heavy atom. The fraction of sp³-hybridized carbons (Fsp3) is 0.472. The molecule has 1 saturated carbocycles. The van der Waals surface area contributed by atoms with Crippen LogP contribution in [0.5, 0.6) is 0 Å². The number of piperazine rings is 1. The average Bonchev–Trinajstić information content (AvgIpc) is 3.04. The van der Waals surface area contributed by atoms with Gasteiger partial charge < -0.3 is 5.32 Å². The normalized spacial score (nSPS) is 22.0. The lowest BCUT2D eigenvalue weighted by Crippen LogP contribution is -2.57. The van der Waals surface area contributed by atoms with Gasteiger partial charge in [0.15, 0.2) is 9.84 Å². The number of nitrogens with one attached hydrogen (secondary N) is 1. The molecule has 1 aliphatic heterocycles. The molecular formula is C36H42F4N2O3S. The SMILES string of the molecule is C[C@@H](CC(=O)C1CCC(CS(=O)(=O)c2ccc(-c3ccc(CCN4CCNC(C(F)(F)F)C4)cc3)cc2)CC1)c1ccc(F)cc1. The van der Waals surface area contributed by atoms with E-state index >= 15 is 0 Å². The average molecular weight is 659 g/mol. The van der Waals surface area contributed by atoms with Crippen molar-refractivity contribution in [3.8, 4) is 11.1 Å². The number of hydrogen-bond donors (Lipinski definition) is 1. The molecule has 0 radical (unpaired) electrons. The molecule has 1 unspecified atom stereocenters. The van der Waals surface area contributed by atoms with Crippen molar-refractivity contribution in [1.82, 2.24) is 10.2 Å². The second-order valence-electron chi connectivity index (χ2n) is 12.9. The van der Waals surface area contributed by atoms with E-state index in [2.05, 4.69) is 5.32 Å². The Kier molecular flexibility index (Phi) is 11.0. The van der Waals surface area contributed by atoms with Crippen LogP contribution in [0, 0.1) is 17.7 Å². The number of halogens is 4. The van der Waals surface area contributed by atoms with Gasteiger partial charge in [0.2, 0.25) is 0 Å². The third-order valence-electron chi connectivity index (χ3n) is 9.58. The van der Waals surface area contributed by atoms with E-state index in [0.717, 1.165) is 22.3 Å². The number of Topliss-reactive ketones (excluding diaryl/α,β-unsaturated/α-hetero) is 1. The van der Waals surface area contributed by atoms with E-state index in [1.807, 2.05) is 36.1 Å². The quantitative estimate of drug-likeness (QED) is 0.221. The Balaban J connectivity index is 1.08. The van der Waals surface area contributed by atoms with E-state index in [0.29, 0.717) is 58.2 Å². The molecule has 1 saturated heterocycles. The third-order valence-corrected chi connectivity index (χ3v) is 11.5. The van der Waals surface area contributed by atoms with Gasteiger partial charge in [-0.1, -0.05) is 55.5 Å². The van der Waals surface area contributed by atoms with Crippen LogP contribution in [-0.2, 0) is 21.1 Å². The lowest BCUT2D eigenvalue weighted by atomic mass is 9.78. The van der Waals surface area contributed by atoms with E-state index in [1.165, 1.54) is 12.1 Å². The Labute approximate surface area is 269 Å². The molecule has 0 spiro atoms. The van der Waals surface area contributed by atoms with Gasteiger partial charge in [-0.05, 0) is 90.5 Å². The number of carbonyl (C=O) groups is 1. The minimum absolute atomic E-state index is 0.00699. The Morgan fingerprint density at radius 3 is 2.13 bits per heavy atom. The first kappa shape index (κ1) is 34.3. The van der Waals surface area contributed by atoms with Gasteiger partial charge in [0.25, 0.3) is 0 Å². The predicted molar refractivity (Wildman–Crippen MR) is 172 cm³/mol. The summed E-state index contributed by atoms with van der Waals surface area (Å²) < 4.78 is 78.9. The van der Waals surface area contributed by atoms with Crippen molar-refractivity contribution in [2.24, 2.45) is 11.8 Å². The minimum atomic E-state index is -4.25. The number of benzene rings is 3. The largest absolute Gasteiger partial charge is 0.405 e. The number of nitrogens with zero attached hydrogens (tertiary/aromatic N) is 1. The molecule has 46 heavy (non-hydrogen) atoms. The van der Waals surface area contributed by atoms with Crippen LogP contribution >= 0.6 is 0 Å². The summed E-state index contributed by atoms with van der Waals surface area (Å²) in [6, 6.07) is 19.5. The Hall–Kier alpha value is -3.08. The van der Waals surface area contributed by atoms with Crippen molar-refractivity contribution < 1.29 is 30.8 Å². The Bertz CT molecular complexity index is 1550. The molecular weight excluding hydrogens is 616 g/mol. The van der Waals surface area contributed by atoms with Crippen LogP contribution in [0.2, 0.25) is 0 Å². The molecule has 1 aliphatic carbocycles. The van der Waals surface area contributed by atoms with Crippen molar-refractivity contribution in [3.05, 3.63) is 89.7 Å². The smallest absolute Gasteiger partial charge is 0.304 e. The van der Waals surface area contributed by atoms with Gasteiger partial charge in [0.1, 0.15) is 17.6 Å². The number of sulfone groups is 1. The van der Waals surface area contributed by atoms with Gasteiger partial charge in [-0.25, -0.2) is 12.8 Å². The number of carbonyl (C=O) groups excluding carboxylic acids is 1. The van der Waals surface area contributed by atoms with Crippen LogP contribution in [0.25, 0.3) is 11.1 Å². The highest BCUT2D eigenvalue weighted by atomic mass is 32.2. The number of alkyl halides is 3. The number of ketones is 1. The standard InChI is InChI=1S/C36H42F4N2O3S/c1-25(28-10-14-32(37)15-11-28)22-34(43)31-8-4-27(5-9-31)24-46(44,45)33-16-12-30(13-17-33)29-6-2-26(3-7-29)18-20-42-21-19-41-35(23-42)36(38,39)40/h2-3,6-7,10-17,25,27,31,35,41H,4-5,8-9,18-24H2,1H3/t25-,27?,31?,35?/m0/s1. The van der Waals surface area contributed by atoms with Gasteiger partial charge in [-0.15, -0.1) is 0 Å². The molecule has 1 heterocycles. The van der Waals surface area contributed by atoms with Crippen molar-refractivity contribution in [1.29, 1.82) is 0 Å². The highest BCUT2D eigenvalue weighted by Crippen LogP contribution is 2.34. The van der Waals surface area contributed by atoms with Crippen molar-refractivity contribution in [3.63, 3.8) is 0 Å². The van der Waals surface area contributed by atoms with Crippen LogP contribution in [0.15, 0.2) is 77.7 Å². The lowest BCUT2D eigenvalue weighted by molar-refractivity contribution is -0.164. The maximum absolute atomic E-state index is 13.2. The summed E-state index contributed by atoms with van der Waals surface area (Å²) in [4.78, 5) is 15.1. The molecule has 2 aliphatic rings. The first-order chi connectivity index (χ1) is 21.9. The summed E-state index contributed by atoms with van der Waals surface area (Å²) >= 11 is 0. The van der Waals surface area contributed by atoms with Gasteiger partial charge >= 0.3 is 6.18 Å². The van der Waals surface area contributed by atoms with E-state index in [1.54, 1.807) is 36.4 Å². The third kappa shape index (κ3) is 9.04. The molecule has 3 aromatic carbocycles. The highest BCUT2D eigenvalue weighted by Gasteiger charge is 2.41. The number of hydrogen-bond acceptors (Lipinski definition) is 5. The van der Waals surface area contributed by atoms with Crippen LogP contribution in [0.3, 0.4) is 0 Å². The van der Waals surface area contributed by atoms with Crippen molar-refractivity contribution in [2.75, 3.05) is 31.9 Å². The highest BCUT2D eigenvalue weighted by molar-refractivity contribution is 7.91. The maximum atomic E-state index is 13.2. The second kappa shape index (κ2) is 14.8. The maximum Gasteiger partial charge on any atom is 0.405 e. The molecule has 2 atom stereocenters. The molecule has 0 amide bonds. The summed E-state index contributed by atoms with van der Waals surface area (Å²) in [5.41, 5.74) is 3.79.